The molecular formula is C7H10O2. The quantitative estimate of drug-likeness (QED) is 0.524. The number of Topliss-reactive ketones (excluding diaryl/α,β-unsaturated/α-hetero) is 1. The summed E-state index contributed by atoms with van der Waals surface area (Å²) < 4.78 is 0. The van der Waals surface area contributed by atoms with Gasteiger partial charge in [-0.05, 0) is 12.5 Å². The van der Waals surface area contributed by atoms with Gasteiger partial charge in [0.25, 0.3) is 0 Å². The molecule has 1 N–H and O–H groups in total. The fourth-order valence-electron chi connectivity index (χ4n) is 0.946. The number of aliphatic hydroxyl groups is 1. The molecule has 2 nitrogen and oxygen atoms in total. The molecule has 1 rings (SSSR count). The highest BCUT2D eigenvalue weighted by atomic mass is 16.3. The minimum absolute atomic E-state index is 0.0631. The third-order valence-electron chi connectivity index (χ3n) is 1.58. The minimum Gasteiger partial charge on any atom is -0.381 e. The van der Waals surface area contributed by atoms with Gasteiger partial charge in [-0.25, -0.2) is 0 Å². The van der Waals surface area contributed by atoms with Crippen molar-refractivity contribution in [2.24, 2.45) is 0 Å². The fraction of sp³-hybridized carbons (Fsp3) is 0.571. The van der Waals surface area contributed by atoms with Crippen molar-refractivity contribution < 1.29 is 9.90 Å². The highest BCUT2D eigenvalue weighted by molar-refractivity contribution is 5.89. The van der Waals surface area contributed by atoms with E-state index in [0.717, 1.165) is 12.0 Å². The summed E-state index contributed by atoms with van der Waals surface area (Å²) in [7, 11) is 0. The first-order valence-electron chi connectivity index (χ1n) is 3.14. The molecule has 0 bridgehead atoms. The molecule has 0 aromatic rings. The average Bonchev–Trinajstić information content (AvgIpc) is 2.13. The van der Waals surface area contributed by atoms with Crippen LogP contribution in [0.3, 0.4) is 0 Å². The van der Waals surface area contributed by atoms with Gasteiger partial charge in [-0.2, -0.15) is 0 Å². The van der Waals surface area contributed by atoms with Gasteiger partial charge in [0.1, 0.15) is 6.10 Å². The van der Waals surface area contributed by atoms with Gasteiger partial charge in [-0.1, -0.05) is 12.5 Å². The van der Waals surface area contributed by atoms with Crippen LogP contribution in [0, 0.1) is 0 Å². The van der Waals surface area contributed by atoms with Crippen LogP contribution in [-0.4, -0.2) is 17.0 Å². The second-order valence-electron chi connectivity index (χ2n) is 2.27. The lowest BCUT2D eigenvalue weighted by atomic mass is 10.2. The van der Waals surface area contributed by atoms with Crippen LogP contribution in [0.2, 0.25) is 0 Å². The molecular weight excluding hydrogens is 116 g/mol. The smallest absolute Gasteiger partial charge is 0.169 e. The van der Waals surface area contributed by atoms with Crippen LogP contribution in [-0.2, 0) is 4.79 Å². The number of carbonyl (C=O) groups excluding carboxylic acids is 1. The van der Waals surface area contributed by atoms with E-state index in [1.807, 2.05) is 6.92 Å². The minimum atomic E-state index is -0.806. The Bertz CT molecular complexity index is 158. The van der Waals surface area contributed by atoms with Crippen LogP contribution >= 0.6 is 0 Å². The van der Waals surface area contributed by atoms with Gasteiger partial charge in [0.05, 0.1) is 0 Å². The first-order chi connectivity index (χ1) is 4.24. The largest absolute Gasteiger partial charge is 0.381 e. The monoisotopic (exact) mass is 126 g/mol. The van der Waals surface area contributed by atoms with Gasteiger partial charge in [-0.3, -0.25) is 4.79 Å². The van der Waals surface area contributed by atoms with Crippen molar-refractivity contribution in [3.8, 4) is 0 Å². The maximum absolute atomic E-state index is 10.6. The molecule has 2 heteroatoms. The van der Waals surface area contributed by atoms with Crippen LogP contribution in [0.5, 0.6) is 0 Å². The molecule has 0 aromatic carbocycles. The Balaban J connectivity index is 2.62. The molecule has 0 saturated heterocycles. The zero-order chi connectivity index (χ0) is 6.85. The number of aliphatic hydroxyl groups excluding tert-OH is 1. The summed E-state index contributed by atoms with van der Waals surface area (Å²) in [6.45, 7) is 1.98. The Labute approximate surface area is 54.2 Å². The molecule has 0 saturated carbocycles. The van der Waals surface area contributed by atoms with E-state index >= 15 is 0 Å². The van der Waals surface area contributed by atoms with Crippen molar-refractivity contribution >= 4 is 5.78 Å². The van der Waals surface area contributed by atoms with E-state index in [1.165, 1.54) is 0 Å². The summed E-state index contributed by atoms with van der Waals surface area (Å²) >= 11 is 0. The van der Waals surface area contributed by atoms with Crippen LogP contribution in [0.4, 0.5) is 0 Å². The van der Waals surface area contributed by atoms with Crippen molar-refractivity contribution in [1.29, 1.82) is 0 Å². The van der Waals surface area contributed by atoms with Gasteiger partial charge < -0.3 is 5.11 Å². The van der Waals surface area contributed by atoms with E-state index in [1.54, 1.807) is 6.08 Å². The third-order valence-corrected chi connectivity index (χ3v) is 1.58. The third kappa shape index (κ3) is 1.19. The Morgan fingerprint density at radius 1 is 1.89 bits per heavy atom. The van der Waals surface area contributed by atoms with Gasteiger partial charge in [0.2, 0.25) is 0 Å². The molecule has 1 unspecified atom stereocenters. The molecule has 1 atom stereocenters. The molecule has 0 spiro atoms. The van der Waals surface area contributed by atoms with Crippen LogP contribution in [0.25, 0.3) is 0 Å². The van der Waals surface area contributed by atoms with Gasteiger partial charge in [0.15, 0.2) is 5.78 Å². The maximum Gasteiger partial charge on any atom is 0.169 e. The highest BCUT2D eigenvalue weighted by Gasteiger charge is 2.20. The second kappa shape index (κ2) is 2.31. The molecule has 0 aliphatic heterocycles. The number of allylic oxidation sites excluding steroid dienone is 1. The molecule has 0 radical (unpaired) electrons. The van der Waals surface area contributed by atoms with E-state index < -0.39 is 6.10 Å². The van der Waals surface area contributed by atoms with E-state index in [4.69, 9.17) is 5.11 Å². The Hall–Kier alpha value is -0.630. The number of rotatable bonds is 1. The molecule has 0 aromatic heterocycles. The highest BCUT2D eigenvalue weighted by Crippen LogP contribution is 2.17. The zero-order valence-electron chi connectivity index (χ0n) is 5.42. The normalized spacial score (nSPS) is 26.7. The van der Waals surface area contributed by atoms with Gasteiger partial charge >= 0.3 is 0 Å². The first kappa shape index (κ1) is 6.49. The van der Waals surface area contributed by atoms with Crippen molar-refractivity contribution in [3.63, 3.8) is 0 Å². The predicted octanol–water partition coefficient (Wildman–Crippen LogP) is 0.657. The van der Waals surface area contributed by atoms with Crippen LogP contribution in [0.1, 0.15) is 19.8 Å². The molecule has 0 heterocycles. The fourth-order valence-corrected chi connectivity index (χ4v) is 0.946. The standard InChI is InChI=1S/C7H10O2/c1-2-5-3-6(8)7(9)4-5/h3,6,8H,2,4H2,1H3. The lowest BCUT2D eigenvalue weighted by Gasteiger charge is -1.90. The predicted molar refractivity (Wildman–Crippen MR) is 34.0 cm³/mol. The molecule has 1 aliphatic carbocycles. The summed E-state index contributed by atoms with van der Waals surface area (Å²) in [6, 6.07) is 0. The van der Waals surface area contributed by atoms with E-state index in [0.29, 0.717) is 6.42 Å². The number of ketones is 1. The maximum atomic E-state index is 10.6. The molecule has 9 heavy (non-hydrogen) atoms. The van der Waals surface area contributed by atoms with E-state index in [-0.39, 0.29) is 5.78 Å². The van der Waals surface area contributed by atoms with Gasteiger partial charge in [-0.15, -0.1) is 0 Å². The van der Waals surface area contributed by atoms with Crippen molar-refractivity contribution in [2.45, 2.75) is 25.9 Å². The topological polar surface area (TPSA) is 37.3 Å². The Morgan fingerprint density at radius 2 is 2.56 bits per heavy atom. The SMILES string of the molecule is CCC1=CC(O)C(=O)C1. The summed E-state index contributed by atoms with van der Waals surface area (Å²) in [5, 5.41) is 8.87. The van der Waals surface area contributed by atoms with Crippen molar-refractivity contribution in [2.75, 3.05) is 0 Å². The number of hydrogen-bond acceptors (Lipinski definition) is 2. The zero-order valence-corrected chi connectivity index (χ0v) is 5.42. The molecule has 50 valence electrons. The lowest BCUT2D eigenvalue weighted by Crippen LogP contribution is -2.10. The lowest BCUT2D eigenvalue weighted by molar-refractivity contribution is -0.123. The van der Waals surface area contributed by atoms with Crippen LogP contribution in [0.15, 0.2) is 11.6 Å². The average molecular weight is 126 g/mol. The molecule has 0 fully saturated rings. The van der Waals surface area contributed by atoms with E-state index in [2.05, 4.69) is 0 Å². The summed E-state index contributed by atoms with van der Waals surface area (Å²) in [5.74, 6) is -0.0631. The first-order valence-corrected chi connectivity index (χ1v) is 3.14. The van der Waals surface area contributed by atoms with Crippen LogP contribution < -0.4 is 0 Å². The number of hydrogen-bond donors (Lipinski definition) is 1. The summed E-state index contributed by atoms with van der Waals surface area (Å²) in [4.78, 5) is 10.6. The van der Waals surface area contributed by atoms with E-state index in [9.17, 15) is 4.79 Å². The molecule has 1 aliphatic rings. The van der Waals surface area contributed by atoms with Crippen molar-refractivity contribution in [1.82, 2.24) is 0 Å². The van der Waals surface area contributed by atoms with Gasteiger partial charge in [0, 0.05) is 6.42 Å². The summed E-state index contributed by atoms with van der Waals surface area (Å²) in [5.41, 5.74) is 1.06. The molecule has 0 amide bonds. The summed E-state index contributed by atoms with van der Waals surface area (Å²) in [6.07, 6.45) is 2.17. The second-order valence-corrected chi connectivity index (χ2v) is 2.27. The Kier molecular flexibility index (Phi) is 1.67. The Morgan fingerprint density at radius 3 is 2.78 bits per heavy atom. The number of carbonyl (C=O) groups is 1. The van der Waals surface area contributed by atoms with Crippen molar-refractivity contribution in [3.05, 3.63) is 11.6 Å².